The standard InChI is InChI=1S/C68H42/c1-3-15-43(16-4-1)45-27-31-47(32-28-45)61-41-65(63-39-49-19-7-9-21-51(49)53-23-11-13-25-55(53)63)59-38-36-58-62(48-33-29-46(30-34-48)44-17-5-2-6-18-44)42-66(60-37-35-57(61)67(59)68(58)60)64-40-50-20-8-10-22-52(50)54-24-12-14-26-56(54)64/h1-42H. The van der Waals surface area contributed by atoms with Crippen LogP contribution < -0.4 is 0 Å². The summed E-state index contributed by atoms with van der Waals surface area (Å²) in [6.07, 6.45) is 0. The molecule has 0 fully saturated rings. The van der Waals surface area contributed by atoms with Gasteiger partial charge in [0.2, 0.25) is 0 Å². The van der Waals surface area contributed by atoms with Crippen LogP contribution in [0.25, 0.3) is 142 Å². The lowest BCUT2D eigenvalue weighted by atomic mass is 9.80. The molecular formula is C68H42. The third kappa shape index (κ3) is 6.01. The molecule has 0 N–H and O–H groups in total. The van der Waals surface area contributed by atoms with E-state index in [0.717, 1.165) is 0 Å². The number of hydrogen-bond acceptors (Lipinski definition) is 0. The zero-order valence-electron chi connectivity index (χ0n) is 37.2. The molecule has 0 nitrogen and oxygen atoms in total. The van der Waals surface area contributed by atoms with E-state index in [9.17, 15) is 0 Å². The maximum Gasteiger partial charge on any atom is -0.00139 e. The highest BCUT2D eigenvalue weighted by molar-refractivity contribution is 6.33. The van der Waals surface area contributed by atoms with Crippen LogP contribution in [0.15, 0.2) is 255 Å². The number of rotatable bonds is 6. The van der Waals surface area contributed by atoms with Crippen LogP contribution >= 0.6 is 0 Å². The zero-order chi connectivity index (χ0) is 44.7. The minimum Gasteiger partial charge on any atom is -0.0622 e. The van der Waals surface area contributed by atoms with E-state index in [1.807, 2.05) is 0 Å². The normalized spacial score (nSPS) is 11.8. The Bertz CT molecular complexity index is 3980. The van der Waals surface area contributed by atoms with Gasteiger partial charge in [-0.25, -0.2) is 0 Å². The molecule has 14 aromatic carbocycles. The van der Waals surface area contributed by atoms with Crippen molar-refractivity contribution in [3.63, 3.8) is 0 Å². The van der Waals surface area contributed by atoms with Crippen molar-refractivity contribution in [1.82, 2.24) is 0 Å². The molecule has 14 rings (SSSR count). The first-order valence-electron chi connectivity index (χ1n) is 23.7. The molecule has 0 heterocycles. The van der Waals surface area contributed by atoms with Gasteiger partial charge >= 0.3 is 0 Å². The second-order valence-electron chi connectivity index (χ2n) is 18.3. The smallest absolute Gasteiger partial charge is 0.00139 e. The first-order valence-corrected chi connectivity index (χ1v) is 23.7. The fourth-order valence-corrected chi connectivity index (χ4v) is 11.4. The van der Waals surface area contributed by atoms with E-state index >= 15 is 0 Å². The molecule has 0 unspecified atom stereocenters. The van der Waals surface area contributed by atoms with Gasteiger partial charge in [0.15, 0.2) is 0 Å². The van der Waals surface area contributed by atoms with Crippen LogP contribution in [0.3, 0.4) is 0 Å². The maximum atomic E-state index is 2.48. The van der Waals surface area contributed by atoms with Crippen LogP contribution in [0.5, 0.6) is 0 Å². The molecule has 0 radical (unpaired) electrons. The van der Waals surface area contributed by atoms with E-state index < -0.39 is 0 Å². The van der Waals surface area contributed by atoms with Crippen molar-refractivity contribution in [1.29, 1.82) is 0 Å². The highest BCUT2D eigenvalue weighted by Gasteiger charge is 2.23. The molecule has 0 atom stereocenters. The summed E-state index contributed by atoms with van der Waals surface area (Å²) in [4.78, 5) is 0. The van der Waals surface area contributed by atoms with Gasteiger partial charge < -0.3 is 0 Å². The summed E-state index contributed by atoms with van der Waals surface area (Å²) in [5.41, 5.74) is 14.7. The van der Waals surface area contributed by atoms with Crippen LogP contribution in [-0.4, -0.2) is 0 Å². The molecule has 0 aliphatic heterocycles. The van der Waals surface area contributed by atoms with Gasteiger partial charge in [-0.3, -0.25) is 0 Å². The summed E-state index contributed by atoms with van der Waals surface area (Å²) in [6.45, 7) is 0. The fraction of sp³-hybridized carbons (Fsp3) is 0. The first kappa shape index (κ1) is 38.4. The summed E-state index contributed by atoms with van der Waals surface area (Å²) in [5.74, 6) is 0. The monoisotopic (exact) mass is 858 g/mol. The van der Waals surface area contributed by atoms with Gasteiger partial charge in [0.05, 0.1) is 0 Å². The quantitative estimate of drug-likeness (QED) is 0.146. The molecule has 0 spiro atoms. The first-order chi connectivity index (χ1) is 33.7. The van der Waals surface area contributed by atoms with E-state index in [-0.39, 0.29) is 0 Å². The Balaban J connectivity index is 1.12. The van der Waals surface area contributed by atoms with Gasteiger partial charge in [-0.15, -0.1) is 0 Å². The lowest BCUT2D eigenvalue weighted by Crippen LogP contribution is -1.95. The molecule has 0 aromatic heterocycles. The van der Waals surface area contributed by atoms with Crippen molar-refractivity contribution in [2.45, 2.75) is 0 Å². The summed E-state index contributed by atoms with van der Waals surface area (Å²) in [6, 6.07) is 94.9. The topological polar surface area (TPSA) is 0 Å². The largest absolute Gasteiger partial charge is 0.0622 e. The van der Waals surface area contributed by atoms with E-state index in [0.29, 0.717) is 0 Å². The Hall–Kier alpha value is -8.84. The fourth-order valence-electron chi connectivity index (χ4n) is 11.4. The van der Waals surface area contributed by atoms with Crippen LogP contribution in [0, 0.1) is 0 Å². The highest BCUT2D eigenvalue weighted by atomic mass is 14.3. The Morgan fingerprint density at radius 2 is 0.426 bits per heavy atom. The summed E-state index contributed by atoms with van der Waals surface area (Å²) >= 11 is 0. The molecular weight excluding hydrogens is 817 g/mol. The molecule has 314 valence electrons. The zero-order valence-corrected chi connectivity index (χ0v) is 37.2. The second kappa shape index (κ2) is 15.4. The molecule has 0 saturated carbocycles. The molecule has 0 aliphatic rings. The van der Waals surface area contributed by atoms with Crippen molar-refractivity contribution in [3.05, 3.63) is 255 Å². The minimum absolute atomic E-state index is 1.20. The predicted molar refractivity (Wildman–Crippen MR) is 293 cm³/mol. The molecule has 0 amide bonds. The minimum atomic E-state index is 1.20. The van der Waals surface area contributed by atoms with Gasteiger partial charge in [-0.2, -0.15) is 0 Å². The van der Waals surface area contributed by atoms with Gasteiger partial charge in [0.25, 0.3) is 0 Å². The number of benzene rings is 14. The SMILES string of the molecule is c1ccc(-c2ccc(-c3cc(-c4cc5ccccc5c5ccccc45)c4ccc5c(-c6ccc(-c7ccccc7)cc6)cc(-c6cc7ccccc7c7ccccc67)c6ccc3c4c56)cc2)cc1. The Morgan fingerprint density at radius 1 is 0.147 bits per heavy atom. The molecule has 68 heavy (non-hydrogen) atoms. The van der Waals surface area contributed by atoms with E-state index in [1.54, 1.807) is 0 Å². The molecule has 14 aromatic rings. The van der Waals surface area contributed by atoms with Crippen molar-refractivity contribution < 1.29 is 0 Å². The molecule has 0 saturated heterocycles. The van der Waals surface area contributed by atoms with Crippen LogP contribution in [-0.2, 0) is 0 Å². The van der Waals surface area contributed by atoms with Crippen molar-refractivity contribution in [3.8, 4) is 66.8 Å². The summed E-state index contributed by atoms with van der Waals surface area (Å²) in [7, 11) is 0. The van der Waals surface area contributed by atoms with Gasteiger partial charge in [0, 0.05) is 0 Å². The lowest BCUT2D eigenvalue weighted by molar-refractivity contribution is 1.60. The van der Waals surface area contributed by atoms with Crippen LogP contribution in [0.4, 0.5) is 0 Å². The number of hydrogen-bond donors (Lipinski definition) is 0. The van der Waals surface area contributed by atoms with Crippen molar-refractivity contribution >= 4 is 75.4 Å². The van der Waals surface area contributed by atoms with E-state index in [1.165, 1.54) is 142 Å². The van der Waals surface area contributed by atoms with Crippen molar-refractivity contribution in [2.24, 2.45) is 0 Å². The third-order valence-electron chi connectivity index (χ3n) is 14.6. The Labute approximate surface area is 395 Å². The summed E-state index contributed by atoms with van der Waals surface area (Å²) < 4.78 is 0. The Kier molecular flexibility index (Phi) is 8.69. The molecule has 0 bridgehead atoms. The van der Waals surface area contributed by atoms with Gasteiger partial charge in [-0.05, 0) is 166 Å². The molecule has 0 heteroatoms. The van der Waals surface area contributed by atoms with E-state index in [4.69, 9.17) is 0 Å². The number of fused-ring (bicyclic) bond motifs is 6. The van der Waals surface area contributed by atoms with E-state index in [2.05, 4.69) is 255 Å². The third-order valence-corrected chi connectivity index (χ3v) is 14.6. The average molecular weight is 859 g/mol. The second-order valence-corrected chi connectivity index (χ2v) is 18.3. The predicted octanol–water partition coefficient (Wildman–Crippen LogP) is 19.2. The molecule has 0 aliphatic carbocycles. The van der Waals surface area contributed by atoms with Crippen LogP contribution in [0.2, 0.25) is 0 Å². The van der Waals surface area contributed by atoms with Crippen molar-refractivity contribution in [2.75, 3.05) is 0 Å². The lowest BCUT2D eigenvalue weighted by Gasteiger charge is -2.23. The van der Waals surface area contributed by atoms with Gasteiger partial charge in [0.1, 0.15) is 0 Å². The van der Waals surface area contributed by atoms with Crippen LogP contribution in [0.1, 0.15) is 0 Å². The average Bonchev–Trinajstić information content (AvgIpc) is 3.42. The summed E-state index contributed by atoms with van der Waals surface area (Å²) in [5, 5.41) is 17.7. The highest BCUT2D eigenvalue weighted by Crippen LogP contribution is 2.51. The Morgan fingerprint density at radius 3 is 0.824 bits per heavy atom. The van der Waals surface area contributed by atoms with Gasteiger partial charge in [-0.1, -0.05) is 231 Å². The maximum absolute atomic E-state index is 2.48.